The third-order valence-corrected chi connectivity index (χ3v) is 3.33. The molecule has 1 heterocycles. The van der Waals surface area contributed by atoms with Crippen LogP contribution in [0.2, 0.25) is 0 Å². The van der Waals surface area contributed by atoms with E-state index < -0.39 is 11.9 Å². The number of nitrogens with zero attached hydrogens (tertiary/aromatic N) is 1. The number of carbonyl (C=O) groups is 1. The third-order valence-electron chi connectivity index (χ3n) is 3.33. The number of carboxylic acid groups (broad SMARTS) is 1. The van der Waals surface area contributed by atoms with Crippen molar-refractivity contribution in [3.05, 3.63) is 35.0 Å². The Morgan fingerprint density at radius 2 is 1.95 bits per heavy atom. The molecule has 0 bridgehead atoms. The van der Waals surface area contributed by atoms with Gasteiger partial charge in [-0.05, 0) is 50.1 Å². The number of aromatic nitrogens is 1. The molecule has 2 aromatic rings. The van der Waals surface area contributed by atoms with Crippen LogP contribution in [0.4, 0.5) is 0 Å². The summed E-state index contributed by atoms with van der Waals surface area (Å²) in [4.78, 5) is 15.6. The maximum atomic E-state index is 11.1. The van der Waals surface area contributed by atoms with Crippen LogP contribution in [0.1, 0.15) is 29.7 Å². The van der Waals surface area contributed by atoms with Gasteiger partial charge in [0.15, 0.2) is 0 Å². The Hall–Kier alpha value is -2.10. The van der Waals surface area contributed by atoms with Gasteiger partial charge in [0.05, 0.1) is 24.2 Å². The highest BCUT2D eigenvalue weighted by molar-refractivity contribution is 5.85. The number of hydrogen-bond donors (Lipinski definition) is 1. The Labute approximate surface area is 112 Å². The Kier molecular flexibility index (Phi) is 3.42. The van der Waals surface area contributed by atoms with Gasteiger partial charge in [0.2, 0.25) is 0 Å². The van der Waals surface area contributed by atoms with Crippen molar-refractivity contribution in [1.82, 2.24) is 4.98 Å². The molecule has 0 saturated carbocycles. The second kappa shape index (κ2) is 4.88. The molecule has 1 aromatic carbocycles. The SMILES string of the molecule is COc1cc(C)c2nc(C(C)C(=O)O)c(C)cc2c1. The van der Waals surface area contributed by atoms with E-state index in [0.29, 0.717) is 5.69 Å². The van der Waals surface area contributed by atoms with Gasteiger partial charge in [-0.25, -0.2) is 0 Å². The fourth-order valence-corrected chi connectivity index (χ4v) is 2.22. The van der Waals surface area contributed by atoms with Crippen molar-refractivity contribution in [3.8, 4) is 5.75 Å². The van der Waals surface area contributed by atoms with Gasteiger partial charge in [-0.3, -0.25) is 9.78 Å². The maximum absolute atomic E-state index is 11.1. The van der Waals surface area contributed by atoms with Gasteiger partial charge in [0.25, 0.3) is 0 Å². The Morgan fingerprint density at radius 3 is 2.53 bits per heavy atom. The van der Waals surface area contributed by atoms with Crippen LogP contribution in [0, 0.1) is 13.8 Å². The van der Waals surface area contributed by atoms with Crippen molar-refractivity contribution < 1.29 is 14.6 Å². The fraction of sp³-hybridized carbons (Fsp3) is 0.333. The minimum atomic E-state index is -0.860. The summed E-state index contributed by atoms with van der Waals surface area (Å²) in [6.07, 6.45) is 0. The molecule has 0 aliphatic heterocycles. The van der Waals surface area contributed by atoms with Gasteiger partial charge in [-0.1, -0.05) is 0 Å². The van der Waals surface area contributed by atoms with E-state index >= 15 is 0 Å². The van der Waals surface area contributed by atoms with E-state index in [1.807, 2.05) is 32.0 Å². The van der Waals surface area contributed by atoms with E-state index in [1.165, 1.54) is 0 Å². The number of rotatable bonds is 3. The van der Waals surface area contributed by atoms with Gasteiger partial charge in [0, 0.05) is 5.39 Å². The van der Waals surface area contributed by atoms with Crippen LogP contribution >= 0.6 is 0 Å². The van der Waals surface area contributed by atoms with Crippen LogP contribution in [0.3, 0.4) is 0 Å². The van der Waals surface area contributed by atoms with Crippen LogP contribution in [0.15, 0.2) is 18.2 Å². The molecule has 19 heavy (non-hydrogen) atoms. The van der Waals surface area contributed by atoms with Crippen LogP contribution in [-0.2, 0) is 4.79 Å². The number of hydrogen-bond acceptors (Lipinski definition) is 3. The zero-order valence-electron chi connectivity index (χ0n) is 11.5. The molecule has 0 amide bonds. The predicted molar refractivity (Wildman–Crippen MR) is 73.8 cm³/mol. The highest BCUT2D eigenvalue weighted by Crippen LogP contribution is 2.28. The number of benzene rings is 1. The van der Waals surface area contributed by atoms with Gasteiger partial charge in [-0.2, -0.15) is 0 Å². The molecular formula is C15H17NO3. The summed E-state index contributed by atoms with van der Waals surface area (Å²) in [7, 11) is 1.63. The number of aliphatic carboxylic acids is 1. The lowest BCUT2D eigenvalue weighted by molar-refractivity contribution is -0.138. The van der Waals surface area contributed by atoms with Gasteiger partial charge >= 0.3 is 5.97 Å². The highest BCUT2D eigenvalue weighted by atomic mass is 16.5. The summed E-state index contributed by atoms with van der Waals surface area (Å²) < 4.78 is 5.24. The second-order valence-corrected chi connectivity index (χ2v) is 4.77. The first-order valence-electron chi connectivity index (χ1n) is 6.12. The summed E-state index contributed by atoms with van der Waals surface area (Å²) in [5.74, 6) is -0.683. The lowest BCUT2D eigenvalue weighted by atomic mass is 10.00. The molecule has 0 saturated heterocycles. The Morgan fingerprint density at radius 1 is 1.26 bits per heavy atom. The number of pyridine rings is 1. The summed E-state index contributed by atoms with van der Waals surface area (Å²) in [6, 6.07) is 5.78. The molecule has 2 rings (SSSR count). The van der Waals surface area contributed by atoms with Crippen molar-refractivity contribution in [1.29, 1.82) is 0 Å². The van der Waals surface area contributed by atoms with Crippen LogP contribution in [0.25, 0.3) is 10.9 Å². The van der Waals surface area contributed by atoms with E-state index in [1.54, 1.807) is 14.0 Å². The molecule has 0 spiro atoms. The molecule has 100 valence electrons. The van der Waals surface area contributed by atoms with E-state index in [2.05, 4.69) is 4.98 Å². The van der Waals surface area contributed by atoms with Gasteiger partial charge in [0.1, 0.15) is 5.75 Å². The first-order valence-corrected chi connectivity index (χ1v) is 6.12. The Balaban J connectivity index is 2.69. The van der Waals surface area contributed by atoms with Crippen molar-refractivity contribution in [2.45, 2.75) is 26.7 Å². The molecular weight excluding hydrogens is 242 g/mol. The first kappa shape index (κ1) is 13.3. The number of carboxylic acids is 1. The van der Waals surface area contributed by atoms with E-state index in [4.69, 9.17) is 9.84 Å². The first-order chi connectivity index (χ1) is 8.93. The smallest absolute Gasteiger partial charge is 0.312 e. The third kappa shape index (κ3) is 2.38. The minimum Gasteiger partial charge on any atom is -0.497 e. The lowest BCUT2D eigenvalue weighted by Gasteiger charge is -2.13. The fourth-order valence-electron chi connectivity index (χ4n) is 2.22. The topological polar surface area (TPSA) is 59.4 Å². The normalized spacial score (nSPS) is 12.4. The van der Waals surface area contributed by atoms with E-state index in [9.17, 15) is 4.79 Å². The molecule has 0 radical (unpaired) electrons. The monoisotopic (exact) mass is 259 g/mol. The van der Waals surface area contributed by atoms with Gasteiger partial charge < -0.3 is 9.84 Å². The summed E-state index contributed by atoms with van der Waals surface area (Å²) in [5.41, 5.74) is 3.31. The molecule has 1 atom stereocenters. The molecule has 0 aliphatic carbocycles. The van der Waals surface area contributed by atoms with Crippen LogP contribution in [-0.4, -0.2) is 23.2 Å². The van der Waals surface area contributed by atoms with Crippen molar-refractivity contribution >= 4 is 16.9 Å². The molecule has 1 unspecified atom stereocenters. The molecule has 4 heteroatoms. The zero-order chi connectivity index (χ0) is 14.2. The quantitative estimate of drug-likeness (QED) is 0.920. The number of methoxy groups -OCH3 is 1. The van der Waals surface area contributed by atoms with Crippen molar-refractivity contribution in [2.24, 2.45) is 0 Å². The molecule has 0 aliphatic rings. The second-order valence-electron chi connectivity index (χ2n) is 4.77. The zero-order valence-corrected chi connectivity index (χ0v) is 11.5. The standard InChI is InChI=1S/C15H17NO3/c1-8-5-11-7-12(19-4)6-9(2)14(11)16-13(8)10(3)15(17)18/h5-7,10H,1-4H3,(H,17,18). The molecule has 0 fully saturated rings. The average molecular weight is 259 g/mol. The summed E-state index contributed by atoms with van der Waals surface area (Å²) >= 11 is 0. The average Bonchev–Trinajstić information content (AvgIpc) is 2.36. The van der Waals surface area contributed by atoms with Gasteiger partial charge in [-0.15, -0.1) is 0 Å². The molecule has 4 nitrogen and oxygen atoms in total. The highest BCUT2D eigenvalue weighted by Gasteiger charge is 2.18. The molecule has 1 aromatic heterocycles. The number of fused-ring (bicyclic) bond motifs is 1. The maximum Gasteiger partial charge on any atom is 0.312 e. The predicted octanol–water partition coefficient (Wildman–Crippen LogP) is 3.05. The van der Waals surface area contributed by atoms with Crippen molar-refractivity contribution in [3.63, 3.8) is 0 Å². The lowest BCUT2D eigenvalue weighted by Crippen LogP contribution is -2.11. The van der Waals surface area contributed by atoms with Crippen LogP contribution in [0.5, 0.6) is 5.75 Å². The number of aryl methyl sites for hydroxylation is 2. The number of ether oxygens (including phenoxy) is 1. The summed E-state index contributed by atoms with van der Waals surface area (Å²) in [6.45, 7) is 5.49. The summed E-state index contributed by atoms with van der Waals surface area (Å²) in [5, 5.41) is 10.1. The van der Waals surface area contributed by atoms with E-state index in [0.717, 1.165) is 27.8 Å². The van der Waals surface area contributed by atoms with Crippen molar-refractivity contribution in [2.75, 3.05) is 7.11 Å². The largest absolute Gasteiger partial charge is 0.497 e. The minimum absolute atomic E-state index is 0.606. The van der Waals surface area contributed by atoms with E-state index in [-0.39, 0.29) is 0 Å². The molecule has 1 N–H and O–H groups in total. The van der Waals surface area contributed by atoms with Crippen LogP contribution < -0.4 is 4.74 Å². The Bertz CT molecular complexity index is 649.